The number of amides is 1. The van der Waals surface area contributed by atoms with Crippen LogP contribution in [0.15, 0.2) is 47.4 Å². The second-order valence-electron chi connectivity index (χ2n) is 8.44. The topological polar surface area (TPSA) is 70.2 Å². The van der Waals surface area contributed by atoms with Crippen LogP contribution in [-0.2, 0) is 10.0 Å². The molecule has 0 N–H and O–H groups in total. The highest BCUT2D eigenvalue weighted by atomic mass is 35.5. The number of methoxy groups -OCH3 is 1. The zero-order valence-corrected chi connectivity index (χ0v) is 20.4. The summed E-state index contributed by atoms with van der Waals surface area (Å²) in [5.74, 6) is 0.569. The van der Waals surface area contributed by atoms with Crippen LogP contribution in [0.5, 0.6) is 5.75 Å². The standard InChI is InChI=1S/C24H30ClN3O4S/c1-32-20-8-6-19(7-9-20)26-14-16-27(17-15-26)24(29)22-18-21(10-11-23(22)25)33(30,31)28-12-4-2-3-5-13-28/h6-11,18H,2-5,12-17H2,1H3. The van der Waals surface area contributed by atoms with E-state index in [0.717, 1.165) is 37.1 Å². The second-order valence-corrected chi connectivity index (χ2v) is 10.8. The van der Waals surface area contributed by atoms with Gasteiger partial charge in [-0.05, 0) is 55.3 Å². The largest absolute Gasteiger partial charge is 0.497 e. The summed E-state index contributed by atoms with van der Waals surface area (Å²) < 4.78 is 33.1. The number of hydrogen-bond donors (Lipinski definition) is 0. The Hall–Kier alpha value is -2.29. The van der Waals surface area contributed by atoms with Crippen LogP contribution in [0.4, 0.5) is 5.69 Å². The van der Waals surface area contributed by atoms with Crippen LogP contribution in [0.25, 0.3) is 0 Å². The fourth-order valence-electron chi connectivity index (χ4n) is 4.39. The Labute approximate surface area is 200 Å². The zero-order chi connectivity index (χ0) is 23.4. The molecule has 33 heavy (non-hydrogen) atoms. The van der Waals surface area contributed by atoms with Crippen LogP contribution in [0.2, 0.25) is 5.02 Å². The maximum absolute atomic E-state index is 13.3. The summed E-state index contributed by atoms with van der Waals surface area (Å²) >= 11 is 6.35. The molecular formula is C24H30ClN3O4S. The van der Waals surface area contributed by atoms with E-state index in [2.05, 4.69) is 4.90 Å². The maximum Gasteiger partial charge on any atom is 0.255 e. The van der Waals surface area contributed by atoms with Crippen molar-refractivity contribution in [1.29, 1.82) is 0 Å². The van der Waals surface area contributed by atoms with Gasteiger partial charge in [0, 0.05) is 45.0 Å². The lowest BCUT2D eigenvalue weighted by Crippen LogP contribution is -2.48. The van der Waals surface area contributed by atoms with Crippen LogP contribution in [0.3, 0.4) is 0 Å². The Morgan fingerprint density at radius 3 is 2.12 bits per heavy atom. The molecule has 0 atom stereocenters. The second kappa shape index (κ2) is 10.3. The monoisotopic (exact) mass is 491 g/mol. The van der Waals surface area contributed by atoms with E-state index in [1.54, 1.807) is 12.0 Å². The number of ether oxygens (including phenoxy) is 1. The molecule has 2 aliphatic heterocycles. The first-order chi connectivity index (χ1) is 15.9. The molecule has 0 bridgehead atoms. The van der Waals surface area contributed by atoms with Gasteiger partial charge < -0.3 is 14.5 Å². The number of sulfonamides is 1. The highest BCUT2D eigenvalue weighted by Crippen LogP contribution is 2.27. The molecule has 0 unspecified atom stereocenters. The van der Waals surface area contributed by atoms with Crippen LogP contribution < -0.4 is 9.64 Å². The van der Waals surface area contributed by atoms with Gasteiger partial charge in [-0.3, -0.25) is 4.79 Å². The van der Waals surface area contributed by atoms with Crippen molar-refractivity contribution in [3.63, 3.8) is 0 Å². The van der Waals surface area contributed by atoms with Gasteiger partial charge >= 0.3 is 0 Å². The zero-order valence-electron chi connectivity index (χ0n) is 18.9. The molecule has 9 heteroatoms. The summed E-state index contributed by atoms with van der Waals surface area (Å²) in [5, 5.41) is 0.271. The molecule has 0 aliphatic carbocycles. The molecule has 2 fully saturated rings. The minimum Gasteiger partial charge on any atom is -0.497 e. The SMILES string of the molecule is COc1ccc(N2CCN(C(=O)c3cc(S(=O)(=O)N4CCCCCC4)ccc3Cl)CC2)cc1. The number of piperazine rings is 1. The van der Waals surface area contributed by atoms with E-state index in [-0.39, 0.29) is 21.4 Å². The number of benzene rings is 2. The summed E-state index contributed by atoms with van der Waals surface area (Å²) in [5.41, 5.74) is 1.32. The molecule has 2 saturated heterocycles. The van der Waals surface area contributed by atoms with Gasteiger partial charge in [0.05, 0.1) is 22.6 Å². The third kappa shape index (κ3) is 5.28. The van der Waals surface area contributed by atoms with E-state index in [4.69, 9.17) is 16.3 Å². The molecular weight excluding hydrogens is 462 g/mol. The van der Waals surface area contributed by atoms with Crippen molar-refractivity contribution in [2.24, 2.45) is 0 Å². The fraction of sp³-hybridized carbons (Fsp3) is 0.458. The Kier molecular flexibility index (Phi) is 7.46. The number of halogens is 1. The Morgan fingerprint density at radius 2 is 1.52 bits per heavy atom. The van der Waals surface area contributed by atoms with Gasteiger partial charge in [-0.25, -0.2) is 8.42 Å². The first-order valence-electron chi connectivity index (χ1n) is 11.4. The van der Waals surface area contributed by atoms with Crippen molar-refractivity contribution in [1.82, 2.24) is 9.21 Å². The quantitative estimate of drug-likeness (QED) is 0.635. The molecule has 4 rings (SSSR count). The first-order valence-corrected chi connectivity index (χ1v) is 13.2. The summed E-state index contributed by atoms with van der Waals surface area (Å²) in [6.07, 6.45) is 3.80. The number of rotatable bonds is 5. The Bertz CT molecular complexity index is 1080. The van der Waals surface area contributed by atoms with Gasteiger partial charge in [0.25, 0.3) is 5.91 Å². The lowest BCUT2D eigenvalue weighted by Gasteiger charge is -2.36. The van der Waals surface area contributed by atoms with Gasteiger partial charge in [-0.15, -0.1) is 0 Å². The normalized spacial score (nSPS) is 18.1. The van der Waals surface area contributed by atoms with Gasteiger partial charge in [0.1, 0.15) is 5.75 Å². The minimum atomic E-state index is -3.65. The molecule has 2 aromatic carbocycles. The number of nitrogens with zero attached hydrogens (tertiary/aromatic N) is 3. The fourth-order valence-corrected chi connectivity index (χ4v) is 6.13. The smallest absolute Gasteiger partial charge is 0.255 e. The summed E-state index contributed by atoms with van der Waals surface area (Å²) in [4.78, 5) is 17.3. The average molecular weight is 492 g/mol. The molecule has 0 saturated carbocycles. The van der Waals surface area contributed by atoms with Crippen molar-refractivity contribution < 1.29 is 17.9 Å². The van der Waals surface area contributed by atoms with Crippen LogP contribution >= 0.6 is 11.6 Å². The Balaban J connectivity index is 1.47. The van der Waals surface area contributed by atoms with E-state index in [9.17, 15) is 13.2 Å². The molecule has 2 aromatic rings. The highest BCUT2D eigenvalue weighted by molar-refractivity contribution is 7.89. The van der Waals surface area contributed by atoms with Crippen molar-refractivity contribution >= 4 is 33.2 Å². The van der Waals surface area contributed by atoms with E-state index in [1.165, 1.54) is 22.5 Å². The number of hydrogen-bond acceptors (Lipinski definition) is 5. The molecule has 2 aliphatic rings. The lowest BCUT2D eigenvalue weighted by atomic mass is 10.1. The maximum atomic E-state index is 13.3. The van der Waals surface area contributed by atoms with Crippen LogP contribution in [-0.4, -0.2) is 69.9 Å². The predicted molar refractivity (Wildman–Crippen MR) is 130 cm³/mol. The van der Waals surface area contributed by atoms with Crippen LogP contribution in [0, 0.1) is 0 Å². The third-order valence-electron chi connectivity index (χ3n) is 6.38. The average Bonchev–Trinajstić information content (AvgIpc) is 3.14. The van der Waals surface area contributed by atoms with E-state index >= 15 is 0 Å². The molecule has 7 nitrogen and oxygen atoms in total. The first kappa shape index (κ1) is 23.9. The number of carbonyl (C=O) groups is 1. The summed E-state index contributed by atoms with van der Waals surface area (Å²) in [6.45, 7) is 3.46. The Morgan fingerprint density at radius 1 is 0.879 bits per heavy atom. The molecule has 178 valence electrons. The molecule has 1 amide bonds. The summed E-state index contributed by atoms with van der Waals surface area (Å²) in [6, 6.07) is 12.3. The van der Waals surface area contributed by atoms with E-state index in [1.807, 2.05) is 24.3 Å². The molecule has 0 spiro atoms. The van der Waals surface area contributed by atoms with Crippen molar-refractivity contribution in [3.05, 3.63) is 53.1 Å². The van der Waals surface area contributed by atoms with E-state index < -0.39 is 10.0 Å². The van der Waals surface area contributed by atoms with E-state index in [0.29, 0.717) is 39.3 Å². The third-order valence-corrected chi connectivity index (χ3v) is 8.60. The van der Waals surface area contributed by atoms with Crippen molar-refractivity contribution in [2.45, 2.75) is 30.6 Å². The van der Waals surface area contributed by atoms with Crippen molar-refractivity contribution in [3.8, 4) is 5.75 Å². The molecule has 0 radical (unpaired) electrons. The number of anilines is 1. The minimum absolute atomic E-state index is 0.133. The highest BCUT2D eigenvalue weighted by Gasteiger charge is 2.29. The molecule has 0 aromatic heterocycles. The predicted octanol–water partition coefficient (Wildman–Crippen LogP) is 3.88. The van der Waals surface area contributed by atoms with Crippen molar-refractivity contribution in [2.75, 3.05) is 51.3 Å². The van der Waals surface area contributed by atoms with Gasteiger partial charge in [0.2, 0.25) is 10.0 Å². The summed E-state index contributed by atoms with van der Waals surface area (Å²) in [7, 11) is -2.02. The van der Waals surface area contributed by atoms with Gasteiger partial charge in [-0.2, -0.15) is 4.31 Å². The number of carbonyl (C=O) groups excluding carboxylic acids is 1. The van der Waals surface area contributed by atoms with Gasteiger partial charge in [-0.1, -0.05) is 24.4 Å². The lowest BCUT2D eigenvalue weighted by molar-refractivity contribution is 0.0746. The van der Waals surface area contributed by atoms with Gasteiger partial charge in [0.15, 0.2) is 0 Å². The molecule has 2 heterocycles. The van der Waals surface area contributed by atoms with Crippen LogP contribution in [0.1, 0.15) is 36.0 Å².